The highest BCUT2D eigenvalue weighted by atomic mass is 127. The minimum absolute atomic E-state index is 0. The van der Waals surface area contributed by atoms with Crippen molar-refractivity contribution in [2.75, 3.05) is 20.2 Å². The Bertz CT molecular complexity index is 764. The van der Waals surface area contributed by atoms with Gasteiger partial charge in [0.05, 0.1) is 26.4 Å². The number of aliphatic hydroxyl groups is 1. The first-order valence-corrected chi connectivity index (χ1v) is 9.21. The first-order chi connectivity index (χ1) is 12.4. The summed E-state index contributed by atoms with van der Waals surface area (Å²) in [5, 5.41) is 21.2. The Morgan fingerprint density at radius 2 is 2.15 bits per heavy atom. The smallest absolute Gasteiger partial charge is 0.191 e. The van der Waals surface area contributed by atoms with Crippen LogP contribution in [0.5, 0.6) is 5.75 Å². The Morgan fingerprint density at radius 3 is 2.74 bits per heavy atom. The average Bonchev–Trinajstić information content (AvgIpc) is 3.05. The molecule has 1 aromatic heterocycles. The highest BCUT2D eigenvalue weighted by Crippen LogP contribution is 2.23. The Hall–Kier alpha value is -1.33. The number of ether oxygens (including phenoxy) is 1. The van der Waals surface area contributed by atoms with E-state index in [1.165, 1.54) is 0 Å². The zero-order valence-corrected chi connectivity index (χ0v) is 19.9. The maximum absolute atomic E-state index is 10.7. The number of methoxy groups -OCH3 is 1. The van der Waals surface area contributed by atoms with Gasteiger partial charge in [0.1, 0.15) is 11.4 Å². The molecule has 1 unspecified atom stereocenters. The van der Waals surface area contributed by atoms with Gasteiger partial charge in [-0.3, -0.25) is 4.68 Å². The van der Waals surface area contributed by atoms with Crippen molar-refractivity contribution < 1.29 is 9.84 Å². The summed E-state index contributed by atoms with van der Waals surface area (Å²) in [5.41, 5.74) is 0.660. The SMILES string of the molecule is CCNC(=NCc1cc(Br)ccc1OC)NCC(C)(O)c1cnn(C)c1.I. The molecule has 2 rings (SSSR count). The van der Waals surface area contributed by atoms with Crippen LogP contribution in [-0.2, 0) is 19.2 Å². The van der Waals surface area contributed by atoms with E-state index in [-0.39, 0.29) is 24.0 Å². The predicted molar refractivity (Wildman–Crippen MR) is 122 cm³/mol. The van der Waals surface area contributed by atoms with Gasteiger partial charge in [-0.05, 0) is 32.0 Å². The van der Waals surface area contributed by atoms with Crippen LogP contribution in [0.25, 0.3) is 0 Å². The van der Waals surface area contributed by atoms with Crippen molar-refractivity contribution in [3.8, 4) is 5.75 Å². The molecule has 0 aliphatic heterocycles. The topological polar surface area (TPSA) is 83.7 Å². The van der Waals surface area contributed by atoms with Gasteiger partial charge in [-0.2, -0.15) is 5.10 Å². The zero-order valence-electron chi connectivity index (χ0n) is 16.0. The number of halogens is 2. The monoisotopic (exact) mass is 551 g/mol. The highest BCUT2D eigenvalue weighted by Gasteiger charge is 2.25. The molecule has 1 heterocycles. The summed E-state index contributed by atoms with van der Waals surface area (Å²) in [5.74, 6) is 1.41. The Balaban J connectivity index is 0.00000364. The van der Waals surface area contributed by atoms with Crippen LogP contribution >= 0.6 is 39.9 Å². The molecular formula is C18H27BrIN5O2. The van der Waals surface area contributed by atoms with Gasteiger partial charge in [0.15, 0.2) is 5.96 Å². The number of hydrogen-bond acceptors (Lipinski definition) is 4. The molecule has 9 heteroatoms. The number of rotatable bonds is 7. The van der Waals surface area contributed by atoms with E-state index < -0.39 is 5.60 Å². The van der Waals surface area contributed by atoms with Crippen molar-refractivity contribution in [2.24, 2.45) is 12.0 Å². The van der Waals surface area contributed by atoms with Crippen molar-refractivity contribution >= 4 is 45.9 Å². The van der Waals surface area contributed by atoms with Gasteiger partial charge < -0.3 is 20.5 Å². The van der Waals surface area contributed by atoms with E-state index >= 15 is 0 Å². The molecule has 0 saturated carbocycles. The molecule has 0 aliphatic rings. The highest BCUT2D eigenvalue weighted by molar-refractivity contribution is 14.0. The summed E-state index contributed by atoms with van der Waals surface area (Å²) >= 11 is 3.47. The molecule has 2 aromatic rings. The van der Waals surface area contributed by atoms with E-state index in [0.29, 0.717) is 19.0 Å². The van der Waals surface area contributed by atoms with E-state index in [4.69, 9.17) is 4.74 Å². The van der Waals surface area contributed by atoms with Gasteiger partial charge in [-0.15, -0.1) is 24.0 Å². The van der Waals surface area contributed by atoms with Gasteiger partial charge in [0.25, 0.3) is 0 Å². The molecule has 0 spiro atoms. The van der Waals surface area contributed by atoms with E-state index in [1.54, 1.807) is 31.1 Å². The van der Waals surface area contributed by atoms with Gasteiger partial charge in [0.2, 0.25) is 0 Å². The Labute approximate surface area is 185 Å². The van der Waals surface area contributed by atoms with Gasteiger partial charge in [0, 0.05) is 35.4 Å². The van der Waals surface area contributed by atoms with Crippen LogP contribution < -0.4 is 15.4 Å². The lowest BCUT2D eigenvalue weighted by molar-refractivity contribution is 0.0616. The second kappa shape index (κ2) is 10.9. The molecule has 3 N–H and O–H groups in total. The van der Waals surface area contributed by atoms with Gasteiger partial charge >= 0.3 is 0 Å². The quantitative estimate of drug-likeness (QED) is 0.280. The van der Waals surface area contributed by atoms with E-state index in [0.717, 1.165) is 27.9 Å². The van der Waals surface area contributed by atoms with E-state index in [9.17, 15) is 5.11 Å². The van der Waals surface area contributed by atoms with Crippen LogP contribution in [0.4, 0.5) is 0 Å². The number of guanidine groups is 1. The lowest BCUT2D eigenvalue weighted by Crippen LogP contribution is -2.44. The third-order valence-corrected chi connectivity index (χ3v) is 4.41. The minimum atomic E-state index is -1.06. The molecule has 7 nitrogen and oxygen atoms in total. The number of aryl methyl sites for hydroxylation is 1. The third-order valence-electron chi connectivity index (χ3n) is 3.92. The molecule has 0 fully saturated rings. The fourth-order valence-corrected chi connectivity index (χ4v) is 2.84. The van der Waals surface area contributed by atoms with Crippen LogP contribution in [0, 0.1) is 0 Å². The first kappa shape index (κ1) is 23.7. The fraction of sp³-hybridized carbons (Fsp3) is 0.444. The molecule has 0 bridgehead atoms. The molecular weight excluding hydrogens is 525 g/mol. The number of aliphatic imine (C=N–C) groups is 1. The van der Waals surface area contributed by atoms with Crippen molar-refractivity contribution in [3.63, 3.8) is 0 Å². The number of hydrogen-bond donors (Lipinski definition) is 3. The van der Waals surface area contributed by atoms with Crippen LogP contribution in [0.3, 0.4) is 0 Å². The minimum Gasteiger partial charge on any atom is -0.496 e. The fourth-order valence-electron chi connectivity index (χ4n) is 2.43. The molecule has 1 aromatic carbocycles. The molecule has 0 radical (unpaired) electrons. The maximum Gasteiger partial charge on any atom is 0.191 e. The second-order valence-corrected chi connectivity index (χ2v) is 7.10. The van der Waals surface area contributed by atoms with Crippen LogP contribution in [0.2, 0.25) is 0 Å². The summed E-state index contributed by atoms with van der Waals surface area (Å²) in [6.45, 7) is 5.22. The summed E-state index contributed by atoms with van der Waals surface area (Å²) in [6, 6.07) is 5.82. The number of nitrogens with one attached hydrogen (secondary N) is 2. The summed E-state index contributed by atoms with van der Waals surface area (Å²) in [6.07, 6.45) is 3.47. The van der Waals surface area contributed by atoms with Crippen molar-refractivity contribution in [1.82, 2.24) is 20.4 Å². The van der Waals surface area contributed by atoms with Crippen LogP contribution in [0.1, 0.15) is 25.0 Å². The standard InChI is InChI=1S/C18H26BrN5O2.HI/c1-5-20-17(21-9-13-8-15(19)6-7-16(13)26-4)22-12-18(2,25)14-10-23-24(3)11-14;/h6-8,10-11,25H,5,9,12H2,1-4H3,(H2,20,21,22);1H. The number of nitrogens with zero attached hydrogens (tertiary/aromatic N) is 3. The van der Waals surface area contributed by atoms with Crippen molar-refractivity contribution in [1.29, 1.82) is 0 Å². The second-order valence-electron chi connectivity index (χ2n) is 6.18. The van der Waals surface area contributed by atoms with Gasteiger partial charge in [-0.25, -0.2) is 4.99 Å². The Morgan fingerprint density at radius 1 is 1.41 bits per heavy atom. The third kappa shape index (κ3) is 6.96. The van der Waals surface area contributed by atoms with Crippen LogP contribution in [0.15, 0.2) is 40.1 Å². The predicted octanol–water partition coefficient (Wildman–Crippen LogP) is 2.77. The average molecular weight is 552 g/mol. The lowest BCUT2D eigenvalue weighted by Gasteiger charge is -2.23. The maximum atomic E-state index is 10.7. The zero-order chi connectivity index (χ0) is 19.2. The van der Waals surface area contributed by atoms with Crippen LogP contribution in [-0.4, -0.2) is 41.0 Å². The molecule has 0 saturated heterocycles. The number of benzene rings is 1. The largest absolute Gasteiger partial charge is 0.496 e. The molecule has 27 heavy (non-hydrogen) atoms. The Kier molecular flexibility index (Phi) is 9.54. The van der Waals surface area contributed by atoms with Gasteiger partial charge in [-0.1, -0.05) is 15.9 Å². The van der Waals surface area contributed by atoms with E-state index in [2.05, 4.69) is 36.7 Å². The van der Waals surface area contributed by atoms with Crippen molar-refractivity contribution in [3.05, 3.63) is 46.2 Å². The molecule has 150 valence electrons. The number of aromatic nitrogens is 2. The first-order valence-electron chi connectivity index (χ1n) is 8.42. The summed E-state index contributed by atoms with van der Waals surface area (Å²) in [4.78, 5) is 4.60. The lowest BCUT2D eigenvalue weighted by atomic mass is 10.00. The summed E-state index contributed by atoms with van der Waals surface area (Å²) in [7, 11) is 3.47. The summed E-state index contributed by atoms with van der Waals surface area (Å²) < 4.78 is 8.03. The molecule has 0 amide bonds. The van der Waals surface area contributed by atoms with E-state index in [1.807, 2.05) is 32.2 Å². The molecule has 1 atom stereocenters. The molecule has 0 aliphatic carbocycles. The normalized spacial score (nSPS) is 13.5. The van der Waals surface area contributed by atoms with Crippen molar-refractivity contribution in [2.45, 2.75) is 26.0 Å².